The van der Waals surface area contributed by atoms with Crippen molar-refractivity contribution in [1.29, 1.82) is 0 Å². The first kappa shape index (κ1) is 13.1. The van der Waals surface area contributed by atoms with E-state index in [0.29, 0.717) is 5.95 Å². The summed E-state index contributed by atoms with van der Waals surface area (Å²) < 4.78 is 0. The number of aliphatic hydroxyl groups is 1. The second-order valence-corrected chi connectivity index (χ2v) is 5.14. The van der Waals surface area contributed by atoms with Crippen molar-refractivity contribution < 1.29 is 5.11 Å². The van der Waals surface area contributed by atoms with Gasteiger partial charge in [-0.3, -0.25) is 0 Å². The Balaban J connectivity index is 2.03. The first-order valence-electron chi connectivity index (χ1n) is 6.58. The Morgan fingerprint density at radius 3 is 2.83 bits per heavy atom. The summed E-state index contributed by atoms with van der Waals surface area (Å²) >= 11 is 0. The Morgan fingerprint density at radius 2 is 2.28 bits per heavy atom. The van der Waals surface area contributed by atoms with E-state index in [1.807, 2.05) is 24.9 Å². The molecular weight excluding hydrogens is 228 g/mol. The van der Waals surface area contributed by atoms with Crippen LogP contribution in [-0.2, 0) is 0 Å². The molecule has 100 valence electrons. The van der Waals surface area contributed by atoms with Gasteiger partial charge in [0, 0.05) is 31.7 Å². The predicted molar refractivity (Wildman–Crippen MR) is 72.8 cm³/mol. The van der Waals surface area contributed by atoms with Crippen LogP contribution in [0.5, 0.6) is 0 Å². The minimum atomic E-state index is 0.0618. The van der Waals surface area contributed by atoms with Crippen molar-refractivity contribution in [2.24, 2.45) is 5.41 Å². The van der Waals surface area contributed by atoms with Crippen LogP contribution in [0.15, 0.2) is 12.3 Å². The molecule has 0 radical (unpaired) electrons. The standard InChI is InChI=1S/C13H22N4O/c1-3-14-11-5-8-15-12(16-11)17(2)9-13(10-18)6-4-7-13/h5,8,18H,3-4,6-7,9-10H2,1-2H3,(H,14,15,16). The van der Waals surface area contributed by atoms with Crippen molar-refractivity contribution in [2.75, 3.05) is 37.0 Å². The fourth-order valence-corrected chi connectivity index (χ4v) is 2.43. The Hall–Kier alpha value is -1.36. The molecule has 2 N–H and O–H groups in total. The van der Waals surface area contributed by atoms with Gasteiger partial charge < -0.3 is 15.3 Å². The molecule has 1 aliphatic rings. The molecule has 0 amide bonds. The summed E-state index contributed by atoms with van der Waals surface area (Å²) in [5.41, 5.74) is 0.0618. The van der Waals surface area contributed by atoms with Crippen molar-refractivity contribution in [3.8, 4) is 0 Å². The first-order valence-corrected chi connectivity index (χ1v) is 6.58. The maximum Gasteiger partial charge on any atom is 0.227 e. The largest absolute Gasteiger partial charge is 0.396 e. The lowest BCUT2D eigenvalue weighted by atomic mass is 9.69. The third kappa shape index (κ3) is 2.72. The molecule has 1 aliphatic carbocycles. The van der Waals surface area contributed by atoms with Crippen LogP contribution in [0.4, 0.5) is 11.8 Å². The summed E-state index contributed by atoms with van der Waals surface area (Å²) in [5, 5.41) is 12.7. The molecule has 0 bridgehead atoms. The van der Waals surface area contributed by atoms with Crippen molar-refractivity contribution >= 4 is 11.8 Å². The number of nitrogens with zero attached hydrogens (tertiary/aromatic N) is 3. The lowest BCUT2D eigenvalue weighted by Gasteiger charge is -2.42. The van der Waals surface area contributed by atoms with E-state index in [4.69, 9.17) is 0 Å². The molecule has 0 spiro atoms. The van der Waals surface area contributed by atoms with Crippen LogP contribution in [0.1, 0.15) is 26.2 Å². The molecule has 1 aromatic rings. The number of hydrogen-bond donors (Lipinski definition) is 2. The highest BCUT2D eigenvalue weighted by molar-refractivity contribution is 5.40. The molecule has 1 saturated carbocycles. The SMILES string of the molecule is CCNc1ccnc(N(C)CC2(CO)CCC2)n1. The third-order valence-electron chi connectivity index (χ3n) is 3.66. The third-order valence-corrected chi connectivity index (χ3v) is 3.66. The summed E-state index contributed by atoms with van der Waals surface area (Å²) in [7, 11) is 1.99. The van der Waals surface area contributed by atoms with Crippen LogP contribution in [0.25, 0.3) is 0 Å². The summed E-state index contributed by atoms with van der Waals surface area (Å²) in [6.07, 6.45) is 5.18. The van der Waals surface area contributed by atoms with Gasteiger partial charge >= 0.3 is 0 Å². The number of nitrogens with one attached hydrogen (secondary N) is 1. The Morgan fingerprint density at radius 1 is 1.50 bits per heavy atom. The molecular formula is C13H22N4O. The van der Waals surface area contributed by atoms with Crippen molar-refractivity contribution in [1.82, 2.24) is 9.97 Å². The van der Waals surface area contributed by atoms with Gasteiger partial charge in [0.15, 0.2) is 0 Å². The summed E-state index contributed by atoms with van der Waals surface area (Å²) in [4.78, 5) is 10.8. The monoisotopic (exact) mass is 250 g/mol. The predicted octanol–water partition coefficient (Wildman–Crippen LogP) is 1.51. The van der Waals surface area contributed by atoms with Gasteiger partial charge in [0.25, 0.3) is 0 Å². The zero-order valence-corrected chi connectivity index (χ0v) is 11.2. The van der Waals surface area contributed by atoms with Crippen molar-refractivity contribution in [2.45, 2.75) is 26.2 Å². The highest BCUT2D eigenvalue weighted by atomic mass is 16.3. The normalized spacial score (nSPS) is 17.1. The Bertz CT molecular complexity index is 387. The van der Waals surface area contributed by atoms with Gasteiger partial charge in [-0.1, -0.05) is 6.42 Å². The minimum absolute atomic E-state index is 0.0618. The molecule has 2 rings (SSSR count). The molecule has 0 aromatic carbocycles. The summed E-state index contributed by atoms with van der Waals surface area (Å²) in [5.74, 6) is 1.56. The molecule has 0 aliphatic heterocycles. The van der Waals surface area contributed by atoms with Gasteiger partial charge in [-0.25, -0.2) is 4.98 Å². The molecule has 18 heavy (non-hydrogen) atoms. The maximum atomic E-state index is 9.49. The zero-order valence-electron chi connectivity index (χ0n) is 11.2. The van der Waals surface area contributed by atoms with Gasteiger partial charge in [-0.2, -0.15) is 4.98 Å². The average molecular weight is 250 g/mol. The fourth-order valence-electron chi connectivity index (χ4n) is 2.43. The quantitative estimate of drug-likeness (QED) is 0.801. The van der Waals surface area contributed by atoms with Gasteiger partial charge in [0.2, 0.25) is 5.95 Å². The van der Waals surface area contributed by atoms with Crippen LogP contribution >= 0.6 is 0 Å². The van der Waals surface area contributed by atoms with Crippen LogP contribution in [0.2, 0.25) is 0 Å². The molecule has 1 fully saturated rings. The number of aliphatic hydroxyl groups excluding tert-OH is 1. The van der Waals surface area contributed by atoms with E-state index in [1.165, 1.54) is 6.42 Å². The highest BCUT2D eigenvalue weighted by Gasteiger charge is 2.37. The number of anilines is 2. The summed E-state index contributed by atoms with van der Waals surface area (Å²) in [6.45, 7) is 3.96. The fraction of sp³-hybridized carbons (Fsp3) is 0.692. The van der Waals surface area contributed by atoms with Crippen LogP contribution < -0.4 is 10.2 Å². The van der Waals surface area contributed by atoms with E-state index >= 15 is 0 Å². The topological polar surface area (TPSA) is 61.3 Å². The molecule has 0 atom stereocenters. The number of aromatic nitrogens is 2. The Labute approximate surface area is 108 Å². The molecule has 0 saturated heterocycles. The summed E-state index contributed by atoms with van der Waals surface area (Å²) in [6, 6.07) is 1.87. The molecule has 5 nitrogen and oxygen atoms in total. The molecule has 1 heterocycles. The smallest absolute Gasteiger partial charge is 0.227 e. The van der Waals surface area contributed by atoms with Crippen molar-refractivity contribution in [3.05, 3.63) is 12.3 Å². The number of rotatable bonds is 6. The first-order chi connectivity index (χ1) is 8.69. The molecule has 1 aromatic heterocycles. The van der Waals surface area contributed by atoms with Crippen LogP contribution in [0.3, 0.4) is 0 Å². The maximum absolute atomic E-state index is 9.49. The second-order valence-electron chi connectivity index (χ2n) is 5.14. The Kier molecular flexibility index (Phi) is 4.01. The van der Waals surface area contributed by atoms with Gasteiger partial charge in [-0.05, 0) is 25.8 Å². The van der Waals surface area contributed by atoms with Crippen LogP contribution in [-0.4, -0.2) is 41.8 Å². The second kappa shape index (κ2) is 5.52. The van der Waals surface area contributed by atoms with Gasteiger partial charge in [0.1, 0.15) is 5.82 Å². The van der Waals surface area contributed by atoms with E-state index in [0.717, 1.165) is 31.7 Å². The highest BCUT2D eigenvalue weighted by Crippen LogP contribution is 2.41. The number of hydrogen-bond acceptors (Lipinski definition) is 5. The van der Waals surface area contributed by atoms with Crippen molar-refractivity contribution in [3.63, 3.8) is 0 Å². The van der Waals surface area contributed by atoms with E-state index in [1.54, 1.807) is 6.20 Å². The van der Waals surface area contributed by atoms with Crippen LogP contribution in [0, 0.1) is 5.41 Å². The van der Waals surface area contributed by atoms with Gasteiger partial charge in [-0.15, -0.1) is 0 Å². The molecule has 5 heteroatoms. The minimum Gasteiger partial charge on any atom is -0.396 e. The van der Waals surface area contributed by atoms with E-state index in [9.17, 15) is 5.11 Å². The molecule has 0 unspecified atom stereocenters. The van der Waals surface area contributed by atoms with E-state index in [2.05, 4.69) is 15.3 Å². The lowest BCUT2D eigenvalue weighted by molar-refractivity contribution is 0.0521. The zero-order chi connectivity index (χ0) is 13.0. The van der Waals surface area contributed by atoms with E-state index < -0.39 is 0 Å². The van der Waals surface area contributed by atoms with Gasteiger partial charge in [0.05, 0.1) is 6.61 Å². The van der Waals surface area contributed by atoms with E-state index in [-0.39, 0.29) is 12.0 Å². The average Bonchev–Trinajstić information content (AvgIpc) is 2.34. The lowest BCUT2D eigenvalue weighted by Crippen LogP contribution is -2.44.